The normalized spacial score (nSPS) is 10.4. The van der Waals surface area contributed by atoms with Gasteiger partial charge in [-0.1, -0.05) is 60.7 Å². The van der Waals surface area contributed by atoms with E-state index in [4.69, 9.17) is 5.73 Å². The van der Waals surface area contributed by atoms with Crippen LogP contribution in [-0.2, 0) is 0 Å². The number of nitrogens with zero attached hydrogens (tertiary/aromatic N) is 4. The minimum absolute atomic E-state index is 0.211. The largest absolute Gasteiger partial charge is 0.383 e. The summed E-state index contributed by atoms with van der Waals surface area (Å²) in [5.74, 6) is 1.06. The van der Waals surface area contributed by atoms with Crippen molar-refractivity contribution in [2.45, 2.75) is 0 Å². The molecule has 0 aliphatic heterocycles. The van der Waals surface area contributed by atoms with Crippen LogP contribution in [0.2, 0.25) is 0 Å². The van der Waals surface area contributed by atoms with Gasteiger partial charge in [0.1, 0.15) is 23.3 Å². The lowest BCUT2D eigenvalue weighted by atomic mass is 9.88. The van der Waals surface area contributed by atoms with E-state index in [2.05, 4.69) is 16.0 Å². The predicted molar refractivity (Wildman–Crippen MR) is 122 cm³/mol. The van der Waals surface area contributed by atoms with Gasteiger partial charge in [0.25, 0.3) is 0 Å². The molecule has 5 nitrogen and oxygen atoms in total. The Kier molecular flexibility index (Phi) is 5.15. The van der Waals surface area contributed by atoms with E-state index in [1.54, 1.807) is 6.20 Å². The number of nitrogens with two attached hydrogens (primary N) is 1. The highest BCUT2D eigenvalue weighted by molar-refractivity contribution is 5.97. The van der Waals surface area contributed by atoms with Gasteiger partial charge < -0.3 is 10.6 Å². The van der Waals surface area contributed by atoms with Crippen molar-refractivity contribution in [3.8, 4) is 39.6 Å². The first-order valence-corrected chi connectivity index (χ1v) is 9.58. The van der Waals surface area contributed by atoms with Crippen molar-refractivity contribution < 1.29 is 0 Å². The molecule has 0 fully saturated rings. The van der Waals surface area contributed by atoms with Crippen molar-refractivity contribution in [2.24, 2.45) is 0 Å². The molecular weight excluding hydrogens is 370 g/mol. The third kappa shape index (κ3) is 3.47. The highest BCUT2D eigenvalue weighted by Crippen LogP contribution is 2.42. The van der Waals surface area contributed by atoms with Crippen LogP contribution in [0.5, 0.6) is 0 Å². The van der Waals surface area contributed by atoms with Crippen LogP contribution in [0.4, 0.5) is 11.6 Å². The second-order valence-electron chi connectivity index (χ2n) is 7.11. The predicted octanol–water partition coefficient (Wildman–Crippen LogP) is 5.00. The Hall–Kier alpha value is -4.17. The lowest BCUT2D eigenvalue weighted by Crippen LogP contribution is -2.10. The first kappa shape index (κ1) is 19.2. The highest BCUT2D eigenvalue weighted by Gasteiger charge is 2.22. The van der Waals surface area contributed by atoms with Crippen LogP contribution in [0.1, 0.15) is 5.56 Å². The average molecular weight is 391 g/mol. The van der Waals surface area contributed by atoms with Gasteiger partial charge in [0, 0.05) is 37.0 Å². The van der Waals surface area contributed by atoms with Crippen molar-refractivity contribution >= 4 is 11.6 Å². The molecule has 0 amide bonds. The minimum Gasteiger partial charge on any atom is -0.383 e. The number of nitrogen functional groups attached to an aromatic ring is 1. The number of aromatic nitrogens is 2. The van der Waals surface area contributed by atoms with E-state index < -0.39 is 0 Å². The number of rotatable bonds is 4. The zero-order valence-electron chi connectivity index (χ0n) is 16.9. The summed E-state index contributed by atoms with van der Waals surface area (Å²) in [5.41, 5.74) is 11.7. The summed E-state index contributed by atoms with van der Waals surface area (Å²) in [7, 11) is 3.89. The number of benzene rings is 2. The van der Waals surface area contributed by atoms with Crippen molar-refractivity contribution in [1.29, 1.82) is 5.26 Å². The van der Waals surface area contributed by atoms with E-state index >= 15 is 0 Å². The molecule has 146 valence electrons. The van der Waals surface area contributed by atoms with Crippen LogP contribution in [0, 0.1) is 11.3 Å². The van der Waals surface area contributed by atoms with Gasteiger partial charge >= 0.3 is 0 Å². The monoisotopic (exact) mass is 391 g/mol. The summed E-state index contributed by atoms with van der Waals surface area (Å²) in [6.07, 6.45) is 1.80. The average Bonchev–Trinajstić information content (AvgIpc) is 2.79. The Morgan fingerprint density at radius 3 is 1.90 bits per heavy atom. The van der Waals surface area contributed by atoms with Crippen LogP contribution in [0.25, 0.3) is 33.5 Å². The third-order valence-corrected chi connectivity index (χ3v) is 4.94. The molecule has 0 bridgehead atoms. The van der Waals surface area contributed by atoms with Gasteiger partial charge in [0.2, 0.25) is 0 Å². The third-order valence-electron chi connectivity index (χ3n) is 4.94. The van der Waals surface area contributed by atoms with E-state index in [-0.39, 0.29) is 5.82 Å². The quantitative estimate of drug-likeness (QED) is 0.530. The standard InChI is InChI=1S/C25H21N5/c1-30(2)21-14-13-19(16-28-21)24-23(18-11-7-4-8-12-18)22(17-9-5-3-6-10-17)20(15-26)25(27)29-24/h3-14,16H,1-2H3,(H2,27,29). The van der Waals surface area contributed by atoms with Crippen molar-refractivity contribution in [1.82, 2.24) is 9.97 Å². The van der Waals surface area contributed by atoms with Gasteiger partial charge in [-0.2, -0.15) is 5.26 Å². The SMILES string of the molecule is CN(C)c1ccc(-c2nc(N)c(C#N)c(-c3ccccc3)c2-c2ccccc2)cn1. The molecule has 0 aliphatic rings. The zero-order valence-corrected chi connectivity index (χ0v) is 16.9. The summed E-state index contributed by atoms with van der Waals surface area (Å²) in [6.45, 7) is 0. The van der Waals surface area contributed by atoms with E-state index in [0.717, 1.165) is 33.6 Å². The number of pyridine rings is 2. The van der Waals surface area contributed by atoms with Crippen LogP contribution in [-0.4, -0.2) is 24.1 Å². The maximum Gasteiger partial charge on any atom is 0.142 e. The van der Waals surface area contributed by atoms with Crippen molar-refractivity contribution in [3.05, 3.63) is 84.6 Å². The zero-order chi connectivity index (χ0) is 21.1. The molecule has 0 radical (unpaired) electrons. The fourth-order valence-electron chi connectivity index (χ4n) is 3.50. The van der Waals surface area contributed by atoms with E-state index in [1.165, 1.54) is 0 Å². The molecule has 4 aromatic rings. The molecule has 0 unspecified atom stereocenters. The topological polar surface area (TPSA) is 78.8 Å². The molecule has 0 spiro atoms. The molecule has 2 aromatic heterocycles. The molecule has 2 aromatic carbocycles. The van der Waals surface area contributed by atoms with E-state index in [1.807, 2.05) is 91.8 Å². The molecule has 5 heteroatoms. The summed E-state index contributed by atoms with van der Waals surface area (Å²) < 4.78 is 0. The van der Waals surface area contributed by atoms with Crippen LogP contribution in [0.3, 0.4) is 0 Å². The number of hydrogen-bond donors (Lipinski definition) is 1. The van der Waals surface area contributed by atoms with Crippen molar-refractivity contribution in [2.75, 3.05) is 24.7 Å². The van der Waals surface area contributed by atoms with E-state index in [0.29, 0.717) is 11.3 Å². The lowest BCUT2D eigenvalue weighted by molar-refractivity contribution is 1.07. The van der Waals surface area contributed by atoms with Gasteiger partial charge in [-0.3, -0.25) is 0 Å². The Morgan fingerprint density at radius 1 is 0.800 bits per heavy atom. The minimum atomic E-state index is 0.211. The van der Waals surface area contributed by atoms with Crippen LogP contribution in [0.15, 0.2) is 79.0 Å². The van der Waals surface area contributed by atoms with Crippen LogP contribution >= 0.6 is 0 Å². The Labute approximate surface area is 176 Å². The second-order valence-corrected chi connectivity index (χ2v) is 7.11. The molecule has 4 rings (SSSR count). The summed E-state index contributed by atoms with van der Waals surface area (Å²) >= 11 is 0. The molecular formula is C25H21N5. The molecule has 30 heavy (non-hydrogen) atoms. The van der Waals surface area contributed by atoms with E-state index in [9.17, 15) is 5.26 Å². The molecule has 0 atom stereocenters. The summed E-state index contributed by atoms with van der Waals surface area (Å²) in [4.78, 5) is 11.1. The molecule has 0 saturated carbocycles. The van der Waals surface area contributed by atoms with Crippen molar-refractivity contribution in [3.63, 3.8) is 0 Å². The first-order chi connectivity index (χ1) is 14.6. The first-order valence-electron chi connectivity index (χ1n) is 9.58. The van der Waals surface area contributed by atoms with Gasteiger partial charge in [-0.15, -0.1) is 0 Å². The lowest BCUT2D eigenvalue weighted by Gasteiger charge is -2.19. The fraction of sp³-hybridized carbons (Fsp3) is 0.0800. The number of hydrogen-bond acceptors (Lipinski definition) is 5. The Bertz CT molecular complexity index is 1210. The maximum absolute atomic E-state index is 9.90. The maximum atomic E-state index is 9.90. The molecule has 0 saturated heterocycles. The second kappa shape index (κ2) is 8.06. The Balaban J connectivity index is 2.08. The van der Waals surface area contributed by atoms with Gasteiger partial charge in [-0.25, -0.2) is 9.97 Å². The number of nitriles is 1. The fourth-order valence-corrected chi connectivity index (χ4v) is 3.50. The molecule has 0 aliphatic carbocycles. The Morgan fingerprint density at radius 2 is 1.40 bits per heavy atom. The van der Waals surface area contributed by atoms with Gasteiger partial charge in [-0.05, 0) is 23.3 Å². The number of anilines is 2. The van der Waals surface area contributed by atoms with Gasteiger partial charge in [0.15, 0.2) is 0 Å². The summed E-state index contributed by atoms with van der Waals surface area (Å²) in [6, 6.07) is 26.0. The highest BCUT2D eigenvalue weighted by atomic mass is 15.1. The summed E-state index contributed by atoms with van der Waals surface area (Å²) in [5, 5.41) is 9.90. The smallest absolute Gasteiger partial charge is 0.142 e. The molecule has 2 heterocycles. The van der Waals surface area contributed by atoms with Gasteiger partial charge in [0.05, 0.1) is 5.69 Å². The van der Waals surface area contributed by atoms with Crippen LogP contribution < -0.4 is 10.6 Å². The molecule has 2 N–H and O–H groups in total.